The molecule has 1 aliphatic heterocycles. The molecule has 190 valence electrons. The number of nitrogens with one attached hydrogen (secondary N) is 1. The molecule has 0 radical (unpaired) electrons. The van der Waals surface area contributed by atoms with Crippen LogP contribution >= 0.6 is 0 Å². The van der Waals surface area contributed by atoms with Crippen molar-refractivity contribution in [3.63, 3.8) is 0 Å². The Labute approximate surface area is 202 Å². The summed E-state index contributed by atoms with van der Waals surface area (Å²) in [4.78, 5) is 4.47. The SMILES string of the molecule is COc1nc(NC2CCC3(CC2)COC3)nn2cc(F)c(-c3ccc4nnn(CC(F)(F)F)c4c3)c12. The number of halogens is 4. The van der Waals surface area contributed by atoms with Crippen molar-refractivity contribution >= 4 is 22.5 Å². The Bertz CT molecular complexity index is 1430. The van der Waals surface area contributed by atoms with Gasteiger partial charge < -0.3 is 14.8 Å². The molecule has 0 unspecified atom stereocenters. The number of methoxy groups -OCH3 is 1. The molecule has 9 nitrogen and oxygen atoms in total. The van der Waals surface area contributed by atoms with Gasteiger partial charge >= 0.3 is 6.18 Å². The van der Waals surface area contributed by atoms with E-state index < -0.39 is 18.5 Å². The average Bonchev–Trinajstić information content (AvgIpc) is 3.36. The molecule has 1 saturated carbocycles. The van der Waals surface area contributed by atoms with Crippen molar-refractivity contribution in [2.75, 3.05) is 25.6 Å². The maximum atomic E-state index is 15.2. The van der Waals surface area contributed by atoms with Crippen LogP contribution in [0.2, 0.25) is 0 Å². The molecule has 36 heavy (non-hydrogen) atoms. The first-order valence-corrected chi connectivity index (χ1v) is 11.6. The Morgan fingerprint density at radius 1 is 1.22 bits per heavy atom. The van der Waals surface area contributed by atoms with Gasteiger partial charge in [0.2, 0.25) is 11.8 Å². The number of benzene rings is 1. The van der Waals surface area contributed by atoms with Crippen molar-refractivity contribution in [2.24, 2.45) is 5.41 Å². The van der Waals surface area contributed by atoms with Gasteiger partial charge in [0.25, 0.3) is 0 Å². The molecule has 1 spiro atoms. The summed E-state index contributed by atoms with van der Waals surface area (Å²) in [7, 11) is 1.42. The van der Waals surface area contributed by atoms with Crippen LogP contribution in [-0.4, -0.2) is 62.1 Å². The molecule has 0 amide bonds. The molecule has 1 aliphatic carbocycles. The monoisotopic (exact) mass is 505 g/mol. The van der Waals surface area contributed by atoms with Gasteiger partial charge in [0, 0.05) is 11.5 Å². The number of aromatic nitrogens is 6. The Morgan fingerprint density at radius 2 is 2.00 bits per heavy atom. The zero-order valence-electron chi connectivity index (χ0n) is 19.3. The molecular weight excluding hydrogens is 482 g/mol. The first-order chi connectivity index (χ1) is 17.2. The number of fused-ring (bicyclic) bond motifs is 2. The van der Waals surface area contributed by atoms with Crippen molar-refractivity contribution in [1.82, 2.24) is 29.6 Å². The van der Waals surface area contributed by atoms with E-state index in [1.54, 1.807) is 6.07 Å². The second-order valence-electron chi connectivity index (χ2n) is 9.57. The lowest BCUT2D eigenvalue weighted by atomic mass is 9.71. The predicted octanol–water partition coefficient (Wildman–Crippen LogP) is 4.22. The van der Waals surface area contributed by atoms with Crippen LogP contribution in [0.5, 0.6) is 5.88 Å². The molecule has 4 heterocycles. The number of alkyl halides is 3. The maximum absolute atomic E-state index is 15.2. The summed E-state index contributed by atoms with van der Waals surface area (Å²) in [5.74, 6) is -0.152. The van der Waals surface area contributed by atoms with Gasteiger partial charge in [-0.2, -0.15) is 18.2 Å². The van der Waals surface area contributed by atoms with Gasteiger partial charge in [-0.25, -0.2) is 13.6 Å². The molecule has 0 bridgehead atoms. The van der Waals surface area contributed by atoms with Crippen LogP contribution in [-0.2, 0) is 11.3 Å². The van der Waals surface area contributed by atoms with Crippen LogP contribution in [0.15, 0.2) is 24.4 Å². The second kappa shape index (κ2) is 8.29. The summed E-state index contributed by atoms with van der Waals surface area (Å²) in [6.45, 7) is 0.337. The van der Waals surface area contributed by atoms with Crippen LogP contribution in [0.3, 0.4) is 0 Å². The predicted molar refractivity (Wildman–Crippen MR) is 121 cm³/mol. The largest absolute Gasteiger partial charge is 0.479 e. The fourth-order valence-corrected chi connectivity index (χ4v) is 5.14. The Morgan fingerprint density at radius 3 is 2.67 bits per heavy atom. The van der Waals surface area contributed by atoms with Crippen LogP contribution < -0.4 is 10.1 Å². The van der Waals surface area contributed by atoms with E-state index in [9.17, 15) is 13.2 Å². The molecule has 2 aliphatic rings. The van der Waals surface area contributed by atoms with E-state index >= 15 is 4.39 Å². The third-order valence-electron chi connectivity index (χ3n) is 7.07. The summed E-state index contributed by atoms with van der Waals surface area (Å²) in [5.41, 5.74) is 1.42. The number of anilines is 1. The summed E-state index contributed by atoms with van der Waals surface area (Å²) in [6, 6.07) is 4.68. The molecule has 1 N–H and O–H groups in total. The van der Waals surface area contributed by atoms with Crippen LogP contribution in [0.1, 0.15) is 25.7 Å². The van der Waals surface area contributed by atoms with Gasteiger partial charge in [-0.05, 0) is 43.4 Å². The van der Waals surface area contributed by atoms with Crippen molar-refractivity contribution < 1.29 is 27.0 Å². The van der Waals surface area contributed by atoms with E-state index in [1.807, 2.05) is 0 Å². The molecule has 1 aromatic carbocycles. The first-order valence-electron chi connectivity index (χ1n) is 11.6. The van der Waals surface area contributed by atoms with E-state index in [0.29, 0.717) is 16.9 Å². The van der Waals surface area contributed by atoms with Gasteiger partial charge in [-0.3, -0.25) is 0 Å². The lowest BCUT2D eigenvalue weighted by Gasteiger charge is -2.46. The van der Waals surface area contributed by atoms with Crippen molar-refractivity contribution in [3.05, 3.63) is 30.2 Å². The first kappa shape index (κ1) is 23.0. The van der Waals surface area contributed by atoms with Gasteiger partial charge in [0.1, 0.15) is 17.6 Å². The normalized spacial score (nSPS) is 18.1. The standard InChI is InChI=1S/C23H23F4N7O2/c1-35-20-19-18(13-2-3-16-17(8-13)34(32-30-16)10-23(25,26)27)15(24)9-33(19)31-21(29-20)28-14-4-6-22(7-5-14)11-36-12-22/h2-3,8-9,14H,4-7,10-12H2,1H3,(H,28,31). The summed E-state index contributed by atoms with van der Waals surface area (Å²) < 4.78 is 67.1. The molecule has 0 atom stereocenters. The van der Waals surface area contributed by atoms with E-state index in [-0.39, 0.29) is 34.0 Å². The Kier molecular flexibility index (Phi) is 5.28. The maximum Gasteiger partial charge on any atom is 0.408 e. The highest BCUT2D eigenvalue weighted by atomic mass is 19.4. The number of ether oxygens (including phenoxy) is 2. The Hall–Kier alpha value is -3.48. The highest BCUT2D eigenvalue weighted by Gasteiger charge is 2.41. The highest BCUT2D eigenvalue weighted by Crippen LogP contribution is 2.43. The van der Waals surface area contributed by atoms with Crippen LogP contribution in [0.4, 0.5) is 23.5 Å². The lowest BCUT2D eigenvalue weighted by Crippen LogP contribution is -2.47. The molecule has 1 saturated heterocycles. The van der Waals surface area contributed by atoms with Crippen molar-refractivity contribution in [3.8, 4) is 17.0 Å². The van der Waals surface area contributed by atoms with Gasteiger partial charge in [0.15, 0.2) is 5.82 Å². The van der Waals surface area contributed by atoms with Gasteiger partial charge in [-0.1, -0.05) is 11.3 Å². The van der Waals surface area contributed by atoms with E-state index in [4.69, 9.17) is 9.47 Å². The van der Waals surface area contributed by atoms with E-state index in [1.165, 1.54) is 30.0 Å². The summed E-state index contributed by atoms with van der Waals surface area (Å²) >= 11 is 0. The van der Waals surface area contributed by atoms with E-state index in [2.05, 4.69) is 25.7 Å². The molecule has 13 heteroatoms. The Balaban J connectivity index is 1.34. The summed E-state index contributed by atoms with van der Waals surface area (Å²) in [6.07, 6.45) is 0.770. The minimum absolute atomic E-state index is 0.115. The number of hydrogen-bond acceptors (Lipinski definition) is 7. The topological polar surface area (TPSA) is 91.4 Å². The van der Waals surface area contributed by atoms with Gasteiger partial charge in [-0.15, -0.1) is 10.2 Å². The molecular formula is C23H23F4N7O2. The van der Waals surface area contributed by atoms with Crippen molar-refractivity contribution in [1.29, 1.82) is 0 Å². The molecule has 4 aromatic rings. The lowest BCUT2D eigenvalue weighted by molar-refractivity contribution is -0.142. The van der Waals surface area contributed by atoms with Crippen molar-refractivity contribution in [2.45, 2.75) is 44.4 Å². The third-order valence-corrected chi connectivity index (χ3v) is 7.07. The number of nitrogens with zero attached hydrogens (tertiary/aromatic N) is 6. The minimum Gasteiger partial charge on any atom is -0.479 e. The zero-order valence-corrected chi connectivity index (χ0v) is 19.3. The third kappa shape index (κ3) is 4.00. The molecule has 6 rings (SSSR count). The number of hydrogen-bond donors (Lipinski definition) is 1. The zero-order chi connectivity index (χ0) is 25.1. The second-order valence-corrected chi connectivity index (χ2v) is 9.57. The summed E-state index contributed by atoms with van der Waals surface area (Å²) in [5, 5.41) is 15.2. The highest BCUT2D eigenvalue weighted by molar-refractivity contribution is 5.89. The quantitative estimate of drug-likeness (QED) is 0.406. The average molecular weight is 505 g/mol. The van der Waals surface area contributed by atoms with Gasteiger partial charge in [0.05, 0.1) is 37.6 Å². The fourth-order valence-electron chi connectivity index (χ4n) is 5.14. The minimum atomic E-state index is -4.48. The fraction of sp³-hybridized carbons (Fsp3) is 0.478. The smallest absolute Gasteiger partial charge is 0.408 e. The molecule has 3 aromatic heterocycles. The molecule has 2 fully saturated rings. The van der Waals surface area contributed by atoms with Crippen LogP contribution in [0, 0.1) is 11.2 Å². The number of rotatable bonds is 5. The van der Waals surface area contributed by atoms with E-state index in [0.717, 1.165) is 43.6 Å². The van der Waals surface area contributed by atoms with Crippen LogP contribution in [0.25, 0.3) is 27.7 Å².